The van der Waals surface area contributed by atoms with Gasteiger partial charge in [0.1, 0.15) is 0 Å². The second-order valence-electron chi connectivity index (χ2n) is 1.48. The molecule has 0 spiro atoms. The van der Waals surface area contributed by atoms with Gasteiger partial charge in [-0.2, -0.15) is 0 Å². The van der Waals surface area contributed by atoms with Crippen LogP contribution in [0.3, 0.4) is 0 Å². The minimum atomic E-state index is -4.13. The van der Waals surface area contributed by atoms with E-state index in [0.29, 0.717) is 0 Å². The molecule has 8 heavy (non-hydrogen) atoms. The average molecular weight is 134 g/mol. The normalized spacial score (nSPS) is 16.0. The standard InChI is InChI=1S/C2H4FO3S.Li/c3-1-2-7(4,5)6;/h2H,1H2,(H,4,5,6);. The van der Waals surface area contributed by atoms with Crippen molar-refractivity contribution in [1.82, 2.24) is 0 Å². The molecule has 1 N–H and O–H groups in total. The Kier molecular flexibility index (Phi) is 2.98. The van der Waals surface area contributed by atoms with Crippen LogP contribution in [0.5, 0.6) is 0 Å². The Bertz CT molecular complexity index is 153. The van der Waals surface area contributed by atoms with Crippen molar-refractivity contribution in [2.75, 3.05) is 6.67 Å². The number of halogens is 1. The molecule has 44 valence electrons. The Hall–Kier alpha value is 0.437. The van der Waals surface area contributed by atoms with Crippen molar-refractivity contribution in [2.45, 2.75) is 3.92 Å². The van der Waals surface area contributed by atoms with Crippen molar-refractivity contribution in [2.24, 2.45) is 0 Å². The fourth-order valence-corrected chi connectivity index (χ4v) is 0.239. The molecule has 0 aliphatic rings. The second kappa shape index (κ2) is 2.83. The molecule has 0 heterocycles. The third-order valence-corrected chi connectivity index (χ3v) is 1.87. The number of rotatable bonds is 2. The van der Waals surface area contributed by atoms with Crippen molar-refractivity contribution in [1.29, 1.82) is 0 Å². The predicted molar refractivity (Wildman–Crippen MR) is 27.1 cm³/mol. The minimum absolute atomic E-state index is 1.04. The van der Waals surface area contributed by atoms with Crippen LogP contribution in [-0.2, 0) is 10.1 Å². The summed E-state index contributed by atoms with van der Waals surface area (Å²) in [5.74, 6) is 0. The summed E-state index contributed by atoms with van der Waals surface area (Å²) in [4.78, 5) is 0. The van der Waals surface area contributed by atoms with Crippen LogP contribution in [-0.4, -0.2) is 41.3 Å². The Morgan fingerprint density at radius 1 is 1.75 bits per heavy atom. The van der Waals surface area contributed by atoms with Crippen LogP contribution >= 0.6 is 0 Å². The zero-order valence-electron chi connectivity index (χ0n) is 4.33. The van der Waals surface area contributed by atoms with Crippen LogP contribution in [0, 0.1) is 0 Å². The first kappa shape index (κ1) is 8.44. The molecular formula is C2H4FLiO3S. The Balaban J connectivity index is 4.04. The summed E-state index contributed by atoms with van der Waals surface area (Å²) in [6, 6.07) is 0. The molecule has 1 atom stereocenters. The van der Waals surface area contributed by atoms with E-state index in [1.54, 1.807) is 0 Å². The van der Waals surface area contributed by atoms with Gasteiger partial charge in [0, 0.05) is 0 Å². The van der Waals surface area contributed by atoms with E-state index in [2.05, 4.69) is 0 Å². The summed E-state index contributed by atoms with van der Waals surface area (Å²) in [7, 11) is -4.13. The van der Waals surface area contributed by atoms with Gasteiger partial charge in [0.05, 0.1) is 0 Å². The molecular weight excluding hydrogens is 130 g/mol. The summed E-state index contributed by atoms with van der Waals surface area (Å²) in [5.41, 5.74) is 0. The first-order chi connectivity index (χ1) is 3.48. The fourth-order valence-electron chi connectivity index (χ4n) is 0.0796. The Labute approximate surface area is 56.2 Å². The van der Waals surface area contributed by atoms with Gasteiger partial charge in [-0.25, -0.2) is 0 Å². The molecule has 6 heteroatoms. The molecule has 0 fully saturated rings. The van der Waals surface area contributed by atoms with Gasteiger partial charge in [-0.3, -0.25) is 0 Å². The van der Waals surface area contributed by atoms with Crippen LogP contribution in [0.25, 0.3) is 0 Å². The molecule has 3 nitrogen and oxygen atoms in total. The zero-order chi connectivity index (χ0) is 6.78. The van der Waals surface area contributed by atoms with Crippen molar-refractivity contribution >= 4 is 27.8 Å². The van der Waals surface area contributed by atoms with Gasteiger partial charge < -0.3 is 0 Å². The van der Waals surface area contributed by atoms with E-state index >= 15 is 0 Å². The summed E-state index contributed by atoms with van der Waals surface area (Å²) in [5, 5.41) is 0. The van der Waals surface area contributed by atoms with Gasteiger partial charge in [-0.1, -0.05) is 0 Å². The molecule has 0 saturated carbocycles. The van der Waals surface area contributed by atoms with Crippen molar-refractivity contribution in [3.05, 3.63) is 0 Å². The fraction of sp³-hybridized carbons (Fsp3) is 1.00. The van der Waals surface area contributed by atoms with Crippen LogP contribution in [0.15, 0.2) is 0 Å². The van der Waals surface area contributed by atoms with Crippen LogP contribution < -0.4 is 0 Å². The van der Waals surface area contributed by atoms with Crippen LogP contribution in [0.4, 0.5) is 4.39 Å². The van der Waals surface area contributed by atoms with E-state index in [1.165, 1.54) is 0 Å². The van der Waals surface area contributed by atoms with Crippen LogP contribution in [0.1, 0.15) is 0 Å². The van der Waals surface area contributed by atoms with Crippen molar-refractivity contribution in [3.8, 4) is 0 Å². The predicted octanol–water partition coefficient (Wildman–Crippen LogP) is -0.662. The van der Waals surface area contributed by atoms with Gasteiger partial charge in [0.15, 0.2) is 0 Å². The molecule has 0 aromatic rings. The third-order valence-electron chi connectivity index (χ3n) is 0.726. The first-order valence-electron chi connectivity index (χ1n) is 2.00. The molecule has 0 amide bonds. The molecule has 0 radical (unpaired) electrons. The molecule has 0 rings (SSSR count). The van der Waals surface area contributed by atoms with Gasteiger partial charge in [0.2, 0.25) is 0 Å². The summed E-state index contributed by atoms with van der Waals surface area (Å²) in [6.07, 6.45) is 0. The van der Waals surface area contributed by atoms with E-state index in [-0.39, 0.29) is 0 Å². The molecule has 0 aromatic carbocycles. The van der Waals surface area contributed by atoms with Gasteiger partial charge in [-0.05, 0) is 0 Å². The summed E-state index contributed by atoms with van der Waals surface area (Å²) >= 11 is 1.09. The zero-order valence-corrected chi connectivity index (χ0v) is 5.15. The molecule has 0 aliphatic heterocycles. The summed E-state index contributed by atoms with van der Waals surface area (Å²) in [6.45, 7) is -1.04. The Morgan fingerprint density at radius 3 is 2.12 bits per heavy atom. The van der Waals surface area contributed by atoms with Gasteiger partial charge in [-0.15, -0.1) is 0 Å². The number of hydrogen-bond donors (Lipinski definition) is 1. The summed E-state index contributed by atoms with van der Waals surface area (Å²) < 4.78 is 37.8. The van der Waals surface area contributed by atoms with Crippen LogP contribution in [0.2, 0.25) is 0 Å². The van der Waals surface area contributed by atoms with E-state index in [1.807, 2.05) is 0 Å². The van der Waals surface area contributed by atoms with E-state index in [0.717, 1.165) is 17.7 Å². The number of hydrogen-bond acceptors (Lipinski definition) is 2. The molecule has 0 aromatic heterocycles. The van der Waals surface area contributed by atoms with Gasteiger partial charge in [0.25, 0.3) is 0 Å². The molecule has 1 unspecified atom stereocenters. The van der Waals surface area contributed by atoms with E-state index in [9.17, 15) is 12.8 Å². The first-order valence-corrected chi connectivity index (χ1v) is 3.51. The second-order valence-corrected chi connectivity index (χ2v) is 3.31. The topological polar surface area (TPSA) is 54.4 Å². The Morgan fingerprint density at radius 2 is 2.12 bits per heavy atom. The van der Waals surface area contributed by atoms with Gasteiger partial charge >= 0.3 is 55.8 Å². The monoisotopic (exact) mass is 134 g/mol. The van der Waals surface area contributed by atoms with Crippen molar-refractivity contribution < 1.29 is 17.4 Å². The molecule has 0 aliphatic carbocycles. The quantitative estimate of drug-likeness (QED) is 0.403. The maximum atomic E-state index is 11.3. The van der Waals surface area contributed by atoms with E-state index < -0.39 is 20.7 Å². The van der Waals surface area contributed by atoms with E-state index in [4.69, 9.17) is 4.55 Å². The molecule has 0 saturated heterocycles. The number of alkyl halides is 1. The SMILES string of the molecule is [Li][CH](CF)S(=O)(=O)O. The molecule has 0 bridgehead atoms. The average Bonchev–Trinajstić information content (AvgIpc) is 1.62. The maximum absolute atomic E-state index is 11.3. The van der Waals surface area contributed by atoms with Crippen molar-refractivity contribution in [3.63, 3.8) is 0 Å². The third kappa shape index (κ3) is 2.67.